The lowest BCUT2D eigenvalue weighted by Crippen LogP contribution is -2.19. The van der Waals surface area contributed by atoms with Crippen LogP contribution >= 0.6 is 0 Å². The molecule has 0 fully saturated rings. The Kier molecular flexibility index (Phi) is 3.91. The minimum Gasteiger partial charge on any atom is -0.234 e. The molecule has 0 saturated carbocycles. The number of nitrogens with zero attached hydrogens (tertiary/aromatic N) is 1. The molecule has 1 aromatic rings. The van der Waals surface area contributed by atoms with Crippen molar-refractivity contribution in [2.75, 3.05) is 0 Å². The molecule has 0 heterocycles. The molecule has 1 atom stereocenters. The van der Waals surface area contributed by atoms with Crippen molar-refractivity contribution in [2.24, 2.45) is 4.40 Å². The molecule has 0 saturated heterocycles. The van der Waals surface area contributed by atoms with E-state index in [1.54, 1.807) is 20.8 Å². The molecule has 16 heavy (non-hydrogen) atoms. The highest BCUT2D eigenvalue weighted by atomic mass is 32.2. The van der Waals surface area contributed by atoms with Crippen molar-refractivity contribution < 1.29 is 13.0 Å². The van der Waals surface area contributed by atoms with E-state index in [4.69, 9.17) is 0 Å². The van der Waals surface area contributed by atoms with Gasteiger partial charge in [-0.05, 0) is 39.0 Å². The van der Waals surface area contributed by atoms with Crippen LogP contribution in [0, 0.1) is 11.6 Å². The summed E-state index contributed by atoms with van der Waals surface area (Å²) in [6, 6.07) is 3.04. The third kappa shape index (κ3) is 3.48. The second-order valence-electron chi connectivity index (χ2n) is 4.26. The molecule has 0 unspecified atom stereocenters. The molecule has 0 aliphatic heterocycles. The Morgan fingerprint density at radius 3 is 2.50 bits per heavy atom. The summed E-state index contributed by atoms with van der Waals surface area (Å²) in [6.45, 7) is 5.26. The zero-order valence-electron chi connectivity index (χ0n) is 9.33. The van der Waals surface area contributed by atoms with E-state index >= 15 is 0 Å². The van der Waals surface area contributed by atoms with E-state index in [2.05, 4.69) is 4.40 Å². The quantitative estimate of drug-likeness (QED) is 0.737. The third-order valence-electron chi connectivity index (χ3n) is 1.77. The number of halogens is 2. The molecule has 0 aromatic heterocycles. The van der Waals surface area contributed by atoms with Gasteiger partial charge in [-0.1, -0.05) is 0 Å². The molecular weight excluding hydrogens is 232 g/mol. The lowest BCUT2D eigenvalue weighted by Gasteiger charge is -2.12. The van der Waals surface area contributed by atoms with Crippen molar-refractivity contribution >= 4 is 17.2 Å². The Balaban J connectivity index is 2.93. The maximum atomic E-state index is 13.2. The fourth-order valence-corrected chi connectivity index (χ4v) is 1.40. The summed E-state index contributed by atoms with van der Waals surface area (Å²) in [5.74, 6) is -1.14. The highest BCUT2D eigenvalue weighted by molar-refractivity contribution is 7.85. The van der Waals surface area contributed by atoms with Crippen LogP contribution in [0.3, 0.4) is 0 Å². The van der Waals surface area contributed by atoms with Gasteiger partial charge in [-0.2, -0.15) is 4.40 Å². The predicted octanol–water partition coefficient (Wildman–Crippen LogP) is 2.85. The summed E-state index contributed by atoms with van der Waals surface area (Å²) in [5, 5.41) is 0. The van der Waals surface area contributed by atoms with Crippen molar-refractivity contribution in [2.45, 2.75) is 25.5 Å². The molecule has 0 amide bonds. The topological polar surface area (TPSA) is 29.4 Å². The van der Waals surface area contributed by atoms with Gasteiger partial charge in [-0.25, -0.2) is 13.0 Å². The largest absolute Gasteiger partial charge is 0.234 e. The third-order valence-corrected chi connectivity index (χ3v) is 3.11. The molecule has 1 aromatic carbocycles. The summed E-state index contributed by atoms with van der Waals surface area (Å²) in [4.78, 5) is 0. The van der Waals surface area contributed by atoms with Gasteiger partial charge in [-0.15, -0.1) is 0 Å². The summed E-state index contributed by atoms with van der Waals surface area (Å²) >= 11 is 0. The van der Waals surface area contributed by atoms with Gasteiger partial charge in [0.05, 0.1) is 4.75 Å². The van der Waals surface area contributed by atoms with Crippen LogP contribution in [-0.2, 0) is 11.0 Å². The minimum atomic E-state index is -1.47. The Morgan fingerprint density at radius 1 is 1.31 bits per heavy atom. The molecule has 0 radical (unpaired) electrons. The Morgan fingerprint density at radius 2 is 1.94 bits per heavy atom. The molecular formula is C11H13F2NOS. The Hall–Kier alpha value is -1.10. The van der Waals surface area contributed by atoms with Gasteiger partial charge in [0.15, 0.2) is 0 Å². The second-order valence-corrected chi connectivity index (χ2v) is 6.20. The smallest absolute Gasteiger partial charge is 0.144 e. The van der Waals surface area contributed by atoms with Crippen LogP contribution < -0.4 is 0 Å². The van der Waals surface area contributed by atoms with Crippen molar-refractivity contribution in [3.8, 4) is 0 Å². The lowest BCUT2D eigenvalue weighted by atomic mass is 10.2. The first-order chi connectivity index (χ1) is 7.30. The fourth-order valence-electron chi connectivity index (χ4n) is 0.876. The molecule has 0 aliphatic carbocycles. The van der Waals surface area contributed by atoms with Gasteiger partial charge in [0.1, 0.15) is 22.6 Å². The summed E-state index contributed by atoms with van der Waals surface area (Å²) in [5.41, 5.74) is -0.00222. The van der Waals surface area contributed by atoms with E-state index < -0.39 is 27.4 Å². The Labute approximate surface area is 96.0 Å². The first-order valence-corrected chi connectivity index (χ1v) is 5.82. The monoisotopic (exact) mass is 245 g/mol. The molecule has 2 nitrogen and oxygen atoms in total. The van der Waals surface area contributed by atoms with E-state index in [0.717, 1.165) is 24.4 Å². The van der Waals surface area contributed by atoms with Gasteiger partial charge < -0.3 is 0 Å². The predicted molar refractivity (Wildman–Crippen MR) is 61.8 cm³/mol. The van der Waals surface area contributed by atoms with E-state index in [0.29, 0.717) is 0 Å². The molecule has 0 aliphatic rings. The molecule has 88 valence electrons. The van der Waals surface area contributed by atoms with Gasteiger partial charge in [0, 0.05) is 11.8 Å². The average molecular weight is 245 g/mol. The molecule has 0 spiro atoms. The van der Waals surface area contributed by atoms with Gasteiger partial charge in [0.2, 0.25) is 0 Å². The van der Waals surface area contributed by atoms with Crippen LogP contribution in [-0.4, -0.2) is 15.2 Å². The molecule has 0 N–H and O–H groups in total. The number of hydrogen-bond donors (Lipinski definition) is 0. The second kappa shape index (κ2) is 4.82. The van der Waals surface area contributed by atoms with Gasteiger partial charge in [0.25, 0.3) is 0 Å². The number of hydrogen-bond acceptors (Lipinski definition) is 1. The summed E-state index contributed by atoms with van der Waals surface area (Å²) < 4.78 is 40.7. The first-order valence-electron chi connectivity index (χ1n) is 4.72. The highest BCUT2D eigenvalue weighted by Crippen LogP contribution is 2.13. The first kappa shape index (κ1) is 13.0. The number of rotatable bonds is 2. The fraction of sp³-hybridized carbons (Fsp3) is 0.364. The standard InChI is InChI=1S/C11H13F2NOS/c1-11(2,3)16(15)14-7-8-6-9(12)4-5-10(8)13/h4-7H,1-3H3/t16-/m0/s1. The van der Waals surface area contributed by atoms with Crippen LogP contribution in [0.4, 0.5) is 8.78 Å². The van der Waals surface area contributed by atoms with E-state index in [-0.39, 0.29) is 5.56 Å². The van der Waals surface area contributed by atoms with Crippen molar-refractivity contribution in [3.63, 3.8) is 0 Å². The summed E-state index contributed by atoms with van der Waals surface area (Å²) in [6.07, 6.45) is 1.10. The summed E-state index contributed by atoms with van der Waals surface area (Å²) in [7, 11) is -1.47. The Bertz CT molecular complexity index is 438. The molecule has 0 bridgehead atoms. The van der Waals surface area contributed by atoms with Gasteiger partial charge in [-0.3, -0.25) is 0 Å². The SMILES string of the molecule is CC(C)(C)[S@](=O)N=Cc1cc(F)ccc1F. The number of benzene rings is 1. The van der Waals surface area contributed by atoms with Crippen molar-refractivity contribution in [1.29, 1.82) is 0 Å². The zero-order valence-corrected chi connectivity index (χ0v) is 10.1. The van der Waals surface area contributed by atoms with Crippen molar-refractivity contribution in [1.82, 2.24) is 0 Å². The van der Waals surface area contributed by atoms with Crippen LogP contribution in [0.5, 0.6) is 0 Å². The van der Waals surface area contributed by atoms with E-state index in [1.807, 2.05) is 0 Å². The maximum Gasteiger partial charge on any atom is 0.144 e. The average Bonchev–Trinajstić information content (AvgIpc) is 2.17. The molecule has 1 rings (SSSR count). The van der Waals surface area contributed by atoms with Crippen LogP contribution in [0.25, 0.3) is 0 Å². The van der Waals surface area contributed by atoms with Crippen LogP contribution in [0.15, 0.2) is 22.6 Å². The van der Waals surface area contributed by atoms with Crippen molar-refractivity contribution in [3.05, 3.63) is 35.4 Å². The normalized spacial score (nSPS) is 14.3. The zero-order chi connectivity index (χ0) is 12.3. The highest BCUT2D eigenvalue weighted by Gasteiger charge is 2.18. The molecule has 5 heteroatoms. The van der Waals surface area contributed by atoms with Crippen LogP contribution in [0.1, 0.15) is 26.3 Å². The lowest BCUT2D eigenvalue weighted by molar-refractivity contribution is 0.598. The van der Waals surface area contributed by atoms with E-state index in [1.165, 1.54) is 0 Å². The van der Waals surface area contributed by atoms with E-state index in [9.17, 15) is 13.0 Å². The van der Waals surface area contributed by atoms with Gasteiger partial charge >= 0.3 is 0 Å². The van der Waals surface area contributed by atoms with Crippen LogP contribution in [0.2, 0.25) is 0 Å². The maximum absolute atomic E-state index is 13.2. The minimum absolute atomic E-state index is 0.00222.